The Hall–Kier alpha value is -1.05. The van der Waals surface area contributed by atoms with Crippen molar-refractivity contribution in [3.8, 4) is 0 Å². The minimum Gasteiger partial charge on any atom is -0.481 e. The molecule has 0 spiro atoms. The van der Waals surface area contributed by atoms with Gasteiger partial charge in [-0.05, 0) is 32.1 Å². The molecule has 0 aliphatic rings. The fraction of sp³-hybridized carbons (Fsp3) is 0.750. The first-order valence-corrected chi connectivity index (χ1v) is 9.30. The first kappa shape index (κ1) is 20.9. The van der Waals surface area contributed by atoms with E-state index >= 15 is 0 Å². The van der Waals surface area contributed by atoms with Crippen molar-refractivity contribution < 1.29 is 9.90 Å². The Morgan fingerprint density at radius 3 is 1.68 bits per heavy atom. The predicted molar refractivity (Wildman–Crippen MR) is 96.2 cm³/mol. The quantitative estimate of drug-likeness (QED) is 0.255. The molecule has 0 aromatic carbocycles. The first-order chi connectivity index (χ1) is 10.8. The van der Waals surface area contributed by atoms with Crippen molar-refractivity contribution in [3.63, 3.8) is 0 Å². The molecule has 0 aliphatic carbocycles. The minimum atomic E-state index is -0.671. The van der Waals surface area contributed by atoms with E-state index in [1.54, 1.807) is 0 Å². The average Bonchev–Trinajstić information content (AvgIpc) is 2.50. The number of aliphatic carboxylic acids is 1. The Labute approximate surface area is 137 Å². The molecule has 2 nitrogen and oxygen atoms in total. The van der Waals surface area contributed by atoms with E-state index in [-0.39, 0.29) is 0 Å². The van der Waals surface area contributed by atoms with Gasteiger partial charge in [0.15, 0.2) is 0 Å². The minimum absolute atomic E-state index is 0.323. The van der Waals surface area contributed by atoms with Gasteiger partial charge in [0.05, 0.1) is 0 Å². The number of carboxylic acids is 1. The van der Waals surface area contributed by atoms with E-state index < -0.39 is 5.97 Å². The van der Waals surface area contributed by atoms with Crippen LogP contribution in [0.15, 0.2) is 24.3 Å². The molecule has 0 amide bonds. The summed E-state index contributed by atoms with van der Waals surface area (Å²) in [5.74, 6) is -0.671. The highest BCUT2D eigenvalue weighted by molar-refractivity contribution is 5.66. The van der Waals surface area contributed by atoms with Crippen LogP contribution in [0.25, 0.3) is 0 Å². The van der Waals surface area contributed by atoms with Crippen LogP contribution in [0.1, 0.15) is 96.8 Å². The zero-order chi connectivity index (χ0) is 16.3. The van der Waals surface area contributed by atoms with Gasteiger partial charge in [0.2, 0.25) is 0 Å². The second-order valence-electron chi connectivity index (χ2n) is 6.11. The highest BCUT2D eigenvalue weighted by atomic mass is 16.4. The predicted octanol–water partition coefficient (Wildman–Crippen LogP) is 6.66. The third-order valence-corrected chi connectivity index (χ3v) is 3.87. The smallest absolute Gasteiger partial charge is 0.303 e. The largest absolute Gasteiger partial charge is 0.481 e. The summed E-state index contributed by atoms with van der Waals surface area (Å²) in [6.45, 7) is 2.26. The van der Waals surface area contributed by atoms with Gasteiger partial charge in [-0.3, -0.25) is 4.79 Å². The van der Waals surface area contributed by atoms with Gasteiger partial charge in [0.1, 0.15) is 0 Å². The van der Waals surface area contributed by atoms with E-state index in [1.165, 1.54) is 57.8 Å². The SMILES string of the molecule is CCCCCCCCC=CC=CCCCCCCCC(=O)O. The van der Waals surface area contributed by atoms with E-state index in [9.17, 15) is 4.79 Å². The summed E-state index contributed by atoms with van der Waals surface area (Å²) in [6.07, 6.45) is 25.2. The molecule has 0 saturated carbocycles. The summed E-state index contributed by atoms with van der Waals surface area (Å²) < 4.78 is 0. The van der Waals surface area contributed by atoms with Gasteiger partial charge in [0, 0.05) is 6.42 Å². The van der Waals surface area contributed by atoms with E-state index in [4.69, 9.17) is 5.11 Å². The molecule has 0 radical (unpaired) electrons. The summed E-state index contributed by atoms with van der Waals surface area (Å²) in [7, 11) is 0. The molecule has 0 aliphatic heterocycles. The van der Waals surface area contributed by atoms with Crippen LogP contribution >= 0.6 is 0 Å². The summed E-state index contributed by atoms with van der Waals surface area (Å²) in [6, 6.07) is 0. The van der Waals surface area contributed by atoms with Crippen LogP contribution in [0.5, 0.6) is 0 Å². The van der Waals surface area contributed by atoms with Crippen LogP contribution in [0.2, 0.25) is 0 Å². The number of hydrogen-bond donors (Lipinski definition) is 1. The van der Waals surface area contributed by atoms with Gasteiger partial charge in [-0.2, -0.15) is 0 Å². The maximum Gasteiger partial charge on any atom is 0.303 e. The van der Waals surface area contributed by atoms with Crippen molar-refractivity contribution >= 4 is 5.97 Å². The number of hydrogen-bond acceptors (Lipinski definition) is 1. The molecule has 0 heterocycles. The number of rotatable bonds is 16. The number of allylic oxidation sites excluding steroid dienone is 4. The van der Waals surface area contributed by atoms with E-state index in [2.05, 4.69) is 31.2 Å². The van der Waals surface area contributed by atoms with Gasteiger partial charge >= 0.3 is 5.97 Å². The summed E-state index contributed by atoms with van der Waals surface area (Å²) >= 11 is 0. The highest BCUT2D eigenvalue weighted by Crippen LogP contribution is 2.08. The second kappa shape index (κ2) is 18.0. The fourth-order valence-electron chi connectivity index (χ4n) is 2.46. The van der Waals surface area contributed by atoms with Crippen LogP contribution in [-0.2, 0) is 4.79 Å². The van der Waals surface area contributed by atoms with Gasteiger partial charge < -0.3 is 5.11 Å². The van der Waals surface area contributed by atoms with E-state index in [1.807, 2.05) is 0 Å². The normalized spacial score (nSPS) is 11.7. The van der Waals surface area contributed by atoms with Gasteiger partial charge in [-0.25, -0.2) is 0 Å². The molecular weight excluding hydrogens is 272 g/mol. The third kappa shape index (κ3) is 18.9. The maximum absolute atomic E-state index is 10.3. The zero-order valence-electron chi connectivity index (χ0n) is 14.6. The van der Waals surface area contributed by atoms with E-state index in [0.29, 0.717) is 6.42 Å². The van der Waals surface area contributed by atoms with Gasteiger partial charge in [-0.15, -0.1) is 0 Å². The highest BCUT2D eigenvalue weighted by Gasteiger charge is 1.95. The summed E-state index contributed by atoms with van der Waals surface area (Å²) in [4.78, 5) is 10.3. The molecular formula is C20H36O2. The molecule has 0 unspecified atom stereocenters. The molecule has 0 aromatic rings. The monoisotopic (exact) mass is 308 g/mol. The Morgan fingerprint density at radius 2 is 1.18 bits per heavy atom. The van der Waals surface area contributed by atoms with Gasteiger partial charge in [0.25, 0.3) is 0 Å². The lowest BCUT2D eigenvalue weighted by Gasteiger charge is -1.98. The number of carbonyl (C=O) groups is 1. The van der Waals surface area contributed by atoms with Crippen LogP contribution in [-0.4, -0.2) is 11.1 Å². The van der Waals surface area contributed by atoms with Gasteiger partial charge in [-0.1, -0.05) is 82.6 Å². The van der Waals surface area contributed by atoms with E-state index in [0.717, 1.165) is 25.7 Å². The molecule has 1 N–H and O–H groups in total. The average molecular weight is 309 g/mol. The molecule has 2 heteroatoms. The fourth-order valence-corrected chi connectivity index (χ4v) is 2.46. The molecule has 0 saturated heterocycles. The maximum atomic E-state index is 10.3. The third-order valence-electron chi connectivity index (χ3n) is 3.87. The van der Waals surface area contributed by atoms with Crippen LogP contribution < -0.4 is 0 Å². The van der Waals surface area contributed by atoms with Crippen LogP contribution in [0, 0.1) is 0 Å². The molecule has 0 atom stereocenters. The van der Waals surface area contributed by atoms with Crippen molar-refractivity contribution in [2.24, 2.45) is 0 Å². The summed E-state index contributed by atoms with van der Waals surface area (Å²) in [5.41, 5.74) is 0. The lowest BCUT2D eigenvalue weighted by molar-refractivity contribution is -0.137. The lowest BCUT2D eigenvalue weighted by atomic mass is 10.1. The van der Waals surface area contributed by atoms with Crippen LogP contribution in [0.3, 0.4) is 0 Å². The number of carboxylic acid groups (broad SMARTS) is 1. The van der Waals surface area contributed by atoms with Crippen molar-refractivity contribution in [1.29, 1.82) is 0 Å². The van der Waals surface area contributed by atoms with Crippen molar-refractivity contribution in [3.05, 3.63) is 24.3 Å². The van der Waals surface area contributed by atoms with Crippen LogP contribution in [0.4, 0.5) is 0 Å². The van der Waals surface area contributed by atoms with Crippen molar-refractivity contribution in [2.45, 2.75) is 96.8 Å². The molecule has 0 rings (SSSR count). The molecule has 22 heavy (non-hydrogen) atoms. The molecule has 128 valence electrons. The standard InChI is InChI=1S/C20H36O2/c1-2-3-4-5-6-7-8-9-10-11-12-13-14-15-16-17-18-19-20(21)22/h9-12H,2-8,13-19H2,1H3,(H,21,22). The summed E-state index contributed by atoms with van der Waals surface area (Å²) in [5, 5.41) is 8.52. The molecule has 0 aromatic heterocycles. The van der Waals surface area contributed by atoms with Crippen molar-refractivity contribution in [2.75, 3.05) is 0 Å². The topological polar surface area (TPSA) is 37.3 Å². The Balaban J connectivity index is 3.19. The van der Waals surface area contributed by atoms with Crippen molar-refractivity contribution in [1.82, 2.24) is 0 Å². The Kier molecular flexibility index (Phi) is 17.1. The molecule has 0 bridgehead atoms. The lowest BCUT2D eigenvalue weighted by Crippen LogP contribution is -1.93. The zero-order valence-corrected chi connectivity index (χ0v) is 14.6. The second-order valence-corrected chi connectivity index (χ2v) is 6.11. The Bertz CT molecular complexity index is 292. The molecule has 0 fully saturated rings. The number of unbranched alkanes of at least 4 members (excludes halogenated alkanes) is 11. The first-order valence-electron chi connectivity index (χ1n) is 9.30. The Morgan fingerprint density at radius 1 is 0.727 bits per heavy atom.